The van der Waals surface area contributed by atoms with Gasteiger partial charge < -0.3 is 14.6 Å². The monoisotopic (exact) mass is 270 g/mol. The molecule has 2 unspecified atom stereocenters. The van der Waals surface area contributed by atoms with Crippen molar-refractivity contribution in [3.63, 3.8) is 0 Å². The fourth-order valence-electron chi connectivity index (χ4n) is 2.38. The molecule has 1 heterocycles. The highest BCUT2D eigenvalue weighted by Crippen LogP contribution is 2.39. The van der Waals surface area contributed by atoms with Crippen molar-refractivity contribution in [2.75, 3.05) is 7.11 Å². The number of esters is 1. The number of hydrogen-bond donors (Lipinski definition) is 1. The summed E-state index contributed by atoms with van der Waals surface area (Å²) in [7, 11) is 1.58. The van der Waals surface area contributed by atoms with Gasteiger partial charge in [-0.3, -0.25) is 0 Å². The molecule has 0 fully saturated rings. The molecule has 4 nitrogen and oxygen atoms in total. The summed E-state index contributed by atoms with van der Waals surface area (Å²) in [5.74, 6) is 0.322. The van der Waals surface area contributed by atoms with Crippen molar-refractivity contribution >= 4 is 5.97 Å². The Labute approximate surface area is 116 Å². The molecule has 102 valence electrons. The molecule has 0 bridgehead atoms. The average Bonchev–Trinajstić information content (AvgIpc) is 2.84. The number of aliphatic hydroxyl groups excluding tert-OH is 1. The third-order valence-electron chi connectivity index (χ3n) is 3.47. The summed E-state index contributed by atoms with van der Waals surface area (Å²) in [5, 5.41) is 10.4. The number of ether oxygens (including phenoxy) is 2. The molecule has 0 aliphatic carbocycles. The topological polar surface area (TPSA) is 55.8 Å². The highest BCUT2D eigenvalue weighted by atomic mass is 16.6. The normalized spacial score (nSPS) is 18.3. The Morgan fingerprint density at radius 2 is 1.85 bits per heavy atom. The summed E-state index contributed by atoms with van der Waals surface area (Å²) < 4.78 is 10.4. The van der Waals surface area contributed by atoms with E-state index in [1.54, 1.807) is 49.6 Å². The van der Waals surface area contributed by atoms with Crippen molar-refractivity contribution in [2.45, 2.75) is 12.2 Å². The van der Waals surface area contributed by atoms with E-state index in [4.69, 9.17) is 9.47 Å². The molecule has 20 heavy (non-hydrogen) atoms. The molecule has 3 rings (SSSR count). The lowest BCUT2D eigenvalue weighted by molar-refractivity contribution is -0.0102. The van der Waals surface area contributed by atoms with E-state index in [-0.39, 0.29) is 0 Å². The summed E-state index contributed by atoms with van der Waals surface area (Å²) >= 11 is 0. The van der Waals surface area contributed by atoms with E-state index in [0.29, 0.717) is 16.9 Å². The second-order valence-electron chi connectivity index (χ2n) is 4.63. The van der Waals surface area contributed by atoms with E-state index >= 15 is 0 Å². The summed E-state index contributed by atoms with van der Waals surface area (Å²) in [6, 6.07) is 14.2. The number of fused-ring (bicyclic) bond motifs is 1. The first-order valence-electron chi connectivity index (χ1n) is 6.32. The number of carbonyl (C=O) groups excluding carboxylic acids is 1. The van der Waals surface area contributed by atoms with Crippen LogP contribution in [-0.2, 0) is 4.74 Å². The minimum Gasteiger partial charge on any atom is -0.497 e. The van der Waals surface area contributed by atoms with Crippen LogP contribution in [0.2, 0.25) is 0 Å². The maximum atomic E-state index is 11.8. The third-order valence-corrected chi connectivity index (χ3v) is 3.47. The Hall–Kier alpha value is -2.33. The van der Waals surface area contributed by atoms with Crippen molar-refractivity contribution in [1.82, 2.24) is 0 Å². The van der Waals surface area contributed by atoms with E-state index in [1.807, 2.05) is 6.07 Å². The first-order chi connectivity index (χ1) is 9.70. The standard InChI is InChI=1S/C16H14O4/c1-19-11-8-6-10(7-9-11)14(17)15-12-4-2-3-5-13(12)16(18)20-15/h2-9,14-15,17H,1H3. The quantitative estimate of drug-likeness (QED) is 0.871. The summed E-state index contributed by atoms with van der Waals surface area (Å²) in [6.07, 6.45) is -1.55. The number of carbonyl (C=O) groups is 1. The number of benzene rings is 2. The van der Waals surface area contributed by atoms with Crippen LogP contribution >= 0.6 is 0 Å². The highest BCUT2D eigenvalue weighted by molar-refractivity contribution is 5.94. The Kier molecular flexibility index (Phi) is 3.16. The van der Waals surface area contributed by atoms with Crippen LogP contribution in [0.4, 0.5) is 0 Å². The maximum absolute atomic E-state index is 11.8. The minimum absolute atomic E-state index is 0.391. The Bertz CT molecular complexity index is 633. The molecule has 0 amide bonds. The smallest absolute Gasteiger partial charge is 0.339 e. The SMILES string of the molecule is COc1ccc(C(O)C2OC(=O)c3ccccc32)cc1. The largest absolute Gasteiger partial charge is 0.497 e. The van der Waals surface area contributed by atoms with Crippen LogP contribution in [0.5, 0.6) is 5.75 Å². The first kappa shape index (κ1) is 12.7. The van der Waals surface area contributed by atoms with Crippen LogP contribution in [0, 0.1) is 0 Å². The van der Waals surface area contributed by atoms with E-state index in [9.17, 15) is 9.90 Å². The maximum Gasteiger partial charge on any atom is 0.339 e. The highest BCUT2D eigenvalue weighted by Gasteiger charge is 2.36. The lowest BCUT2D eigenvalue weighted by atomic mass is 9.97. The number of aliphatic hydroxyl groups is 1. The molecule has 0 spiro atoms. The molecule has 1 N–H and O–H groups in total. The molecule has 2 atom stereocenters. The van der Waals surface area contributed by atoms with E-state index in [0.717, 1.165) is 5.56 Å². The van der Waals surface area contributed by atoms with Crippen LogP contribution in [0.3, 0.4) is 0 Å². The average molecular weight is 270 g/mol. The Morgan fingerprint density at radius 1 is 1.15 bits per heavy atom. The molecular weight excluding hydrogens is 256 g/mol. The van der Waals surface area contributed by atoms with Gasteiger partial charge in [-0.2, -0.15) is 0 Å². The Balaban J connectivity index is 1.91. The van der Waals surface area contributed by atoms with Gasteiger partial charge in [0.25, 0.3) is 0 Å². The zero-order valence-electron chi connectivity index (χ0n) is 10.9. The second kappa shape index (κ2) is 4.98. The zero-order chi connectivity index (χ0) is 14.1. The van der Waals surface area contributed by atoms with E-state index in [2.05, 4.69) is 0 Å². The fraction of sp³-hybridized carbons (Fsp3) is 0.188. The van der Waals surface area contributed by atoms with Crippen LogP contribution in [0.1, 0.15) is 33.7 Å². The number of cyclic esters (lactones) is 1. The van der Waals surface area contributed by atoms with Crippen molar-refractivity contribution in [3.8, 4) is 5.75 Å². The van der Waals surface area contributed by atoms with Gasteiger partial charge in [-0.25, -0.2) is 4.79 Å². The van der Waals surface area contributed by atoms with Crippen molar-refractivity contribution in [3.05, 3.63) is 65.2 Å². The van der Waals surface area contributed by atoms with Gasteiger partial charge in [0, 0.05) is 5.56 Å². The molecule has 2 aromatic rings. The molecule has 1 aliphatic rings. The lowest BCUT2D eigenvalue weighted by Gasteiger charge is -2.18. The molecule has 1 aliphatic heterocycles. The number of hydrogen-bond acceptors (Lipinski definition) is 4. The summed E-state index contributed by atoms with van der Waals surface area (Å²) in [4.78, 5) is 11.8. The minimum atomic E-state index is -0.895. The van der Waals surface area contributed by atoms with Gasteiger partial charge >= 0.3 is 5.97 Å². The van der Waals surface area contributed by atoms with Crippen molar-refractivity contribution < 1.29 is 19.4 Å². The van der Waals surface area contributed by atoms with Gasteiger partial charge in [-0.05, 0) is 23.8 Å². The summed E-state index contributed by atoms with van der Waals surface area (Å²) in [6.45, 7) is 0. The van der Waals surface area contributed by atoms with Gasteiger partial charge in [0.05, 0.1) is 12.7 Å². The van der Waals surface area contributed by atoms with Gasteiger partial charge in [-0.1, -0.05) is 30.3 Å². The molecule has 0 saturated carbocycles. The van der Waals surface area contributed by atoms with Crippen LogP contribution < -0.4 is 4.74 Å². The van der Waals surface area contributed by atoms with Crippen molar-refractivity contribution in [2.24, 2.45) is 0 Å². The molecule has 4 heteroatoms. The predicted molar refractivity (Wildman–Crippen MR) is 72.6 cm³/mol. The Morgan fingerprint density at radius 3 is 2.55 bits per heavy atom. The van der Waals surface area contributed by atoms with Gasteiger partial charge in [0.1, 0.15) is 11.9 Å². The molecule has 2 aromatic carbocycles. The summed E-state index contributed by atoms with van der Waals surface area (Å²) in [5.41, 5.74) is 1.92. The number of methoxy groups -OCH3 is 1. The fourth-order valence-corrected chi connectivity index (χ4v) is 2.38. The zero-order valence-corrected chi connectivity index (χ0v) is 10.9. The number of rotatable bonds is 3. The van der Waals surface area contributed by atoms with Crippen LogP contribution in [0.25, 0.3) is 0 Å². The van der Waals surface area contributed by atoms with Gasteiger partial charge in [0.15, 0.2) is 6.10 Å². The van der Waals surface area contributed by atoms with Crippen LogP contribution in [-0.4, -0.2) is 18.2 Å². The molecular formula is C16H14O4. The van der Waals surface area contributed by atoms with Crippen LogP contribution in [0.15, 0.2) is 48.5 Å². The third kappa shape index (κ3) is 2.04. The molecule has 0 saturated heterocycles. The lowest BCUT2D eigenvalue weighted by Crippen LogP contribution is -2.10. The van der Waals surface area contributed by atoms with E-state index in [1.165, 1.54) is 0 Å². The predicted octanol–water partition coefficient (Wildman–Crippen LogP) is 2.64. The van der Waals surface area contributed by atoms with Crippen molar-refractivity contribution in [1.29, 1.82) is 0 Å². The first-order valence-corrected chi connectivity index (χ1v) is 6.32. The van der Waals surface area contributed by atoms with E-state index < -0.39 is 18.2 Å². The van der Waals surface area contributed by atoms with Gasteiger partial charge in [0.2, 0.25) is 0 Å². The molecule has 0 aromatic heterocycles. The second-order valence-corrected chi connectivity index (χ2v) is 4.63. The van der Waals surface area contributed by atoms with Gasteiger partial charge in [-0.15, -0.1) is 0 Å². The molecule has 0 radical (unpaired) electrons.